The van der Waals surface area contributed by atoms with Gasteiger partial charge in [-0.15, -0.1) is 0 Å². The van der Waals surface area contributed by atoms with E-state index in [1.807, 2.05) is 12.1 Å². The van der Waals surface area contributed by atoms with Crippen LogP contribution in [-0.4, -0.2) is 43.3 Å². The second kappa shape index (κ2) is 6.23. The number of morpholine rings is 1. The molecule has 1 unspecified atom stereocenters. The molecule has 1 N–H and O–H groups in total. The summed E-state index contributed by atoms with van der Waals surface area (Å²) in [5.41, 5.74) is 1.32. The zero-order valence-corrected chi connectivity index (χ0v) is 11.9. The van der Waals surface area contributed by atoms with Gasteiger partial charge in [0.15, 0.2) is 0 Å². The van der Waals surface area contributed by atoms with Crippen LogP contribution in [0, 0.1) is 0 Å². The van der Waals surface area contributed by atoms with Crippen molar-refractivity contribution >= 4 is 11.6 Å². The van der Waals surface area contributed by atoms with Gasteiger partial charge in [-0.2, -0.15) is 0 Å². The highest BCUT2D eigenvalue weighted by Gasteiger charge is 2.26. The Hall–Kier alpha value is -0.610. The van der Waals surface area contributed by atoms with Gasteiger partial charge in [0.1, 0.15) is 0 Å². The lowest BCUT2D eigenvalue weighted by Crippen LogP contribution is -2.50. The number of rotatable bonds is 5. The summed E-state index contributed by atoms with van der Waals surface area (Å²) in [6.07, 6.45) is 2.68. The largest absolute Gasteiger partial charge is 0.378 e. The highest BCUT2D eigenvalue weighted by Crippen LogP contribution is 2.20. The fraction of sp³-hybridized carbons (Fsp3) is 0.600. The molecular weight excluding hydrogens is 260 g/mol. The molecule has 3 rings (SSSR count). The highest BCUT2D eigenvalue weighted by molar-refractivity contribution is 6.30. The summed E-state index contributed by atoms with van der Waals surface area (Å²) in [5.74, 6) is 0. The van der Waals surface area contributed by atoms with Gasteiger partial charge in [0, 0.05) is 36.7 Å². The molecule has 1 atom stereocenters. The van der Waals surface area contributed by atoms with Gasteiger partial charge < -0.3 is 10.1 Å². The lowest BCUT2D eigenvalue weighted by molar-refractivity contribution is -0.0110. The summed E-state index contributed by atoms with van der Waals surface area (Å²) in [7, 11) is 0. The van der Waals surface area contributed by atoms with E-state index < -0.39 is 0 Å². The van der Waals surface area contributed by atoms with Crippen molar-refractivity contribution in [3.05, 3.63) is 34.9 Å². The SMILES string of the molecule is Clc1ccc(CN2CCOCC2CNC2CC2)cc1. The van der Waals surface area contributed by atoms with Gasteiger partial charge in [-0.3, -0.25) is 4.90 Å². The van der Waals surface area contributed by atoms with Gasteiger partial charge in [0.2, 0.25) is 0 Å². The van der Waals surface area contributed by atoms with Crippen molar-refractivity contribution in [3.8, 4) is 0 Å². The van der Waals surface area contributed by atoms with E-state index in [2.05, 4.69) is 22.3 Å². The van der Waals surface area contributed by atoms with Gasteiger partial charge >= 0.3 is 0 Å². The predicted molar refractivity (Wildman–Crippen MR) is 77.5 cm³/mol. The number of nitrogens with zero attached hydrogens (tertiary/aromatic N) is 1. The minimum absolute atomic E-state index is 0.491. The highest BCUT2D eigenvalue weighted by atomic mass is 35.5. The molecule has 19 heavy (non-hydrogen) atoms. The van der Waals surface area contributed by atoms with Gasteiger partial charge in [-0.05, 0) is 30.5 Å². The van der Waals surface area contributed by atoms with Crippen LogP contribution in [0.15, 0.2) is 24.3 Å². The summed E-state index contributed by atoms with van der Waals surface area (Å²) in [4.78, 5) is 2.52. The van der Waals surface area contributed by atoms with Crippen molar-refractivity contribution in [2.75, 3.05) is 26.3 Å². The average Bonchev–Trinajstić information content (AvgIpc) is 3.25. The van der Waals surface area contributed by atoms with Crippen molar-refractivity contribution in [2.45, 2.75) is 31.5 Å². The van der Waals surface area contributed by atoms with Crippen molar-refractivity contribution in [1.29, 1.82) is 0 Å². The van der Waals surface area contributed by atoms with E-state index in [0.717, 1.165) is 43.9 Å². The minimum Gasteiger partial charge on any atom is -0.378 e. The summed E-state index contributed by atoms with van der Waals surface area (Å²) >= 11 is 5.93. The second-order valence-corrected chi connectivity index (χ2v) is 5.94. The Morgan fingerprint density at radius 2 is 2.05 bits per heavy atom. The Morgan fingerprint density at radius 3 is 2.79 bits per heavy atom. The molecule has 0 bridgehead atoms. The molecule has 1 heterocycles. The molecule has 0 aromatic heterocycles. The standard InChI is InChI=1S/C15H21ClN2O/c16-13-3-1-12(2-4-13)10-18-7-8-19-11-15(18)9-17-14-5-6-14/h1-4,14-15,17H,5-11H2. The normalized spacial score (nSPS) is 24.6. The number of ether oxygens (including phenoxy) is 1. The van der Waals surface area contributed by atoms with E-state index in [-0.39, 0.29) is 0 Å². The van der Waals surface area contributed by atoms with Crippen LogP contribution < -0.4 is 5.32 Å². The molecule has 104 valence electrons. The molecular formula is C15H21ClN2O. The molecule has 2 aliphatic rings. The third-order valence-electron chi connectivity index (χ3n) is 3.87. The first-order valence-electron chi connectivity index (χ1n) is 7.11. The van der Waals surface area contributed by atoms with Crippen molar-refractivity contribution in [1.82, 2.24) is 10.2 Å². The Bertz CT molecular complexity index is 405. The first-order chi connectivity index (χ1) is 9.31. The first-order valence-corrected chi connectivity index (χ1v) is 7.49. The Labute approximate surface area is 119 Å². The van der Waals surface area contributed by atoms with E-state index >= 15 is 0 Å². The maximum absolute atomic E-state index is 5.93. The van der Waals surface area contributed by atoms with Crippen molar-refractivity contribution in [2.24, 2.45) is 0 Å². The molecule has 0 spiro atoms. The van der Waals surface area contributed by atoms with Crippen LogP contribution in [0.3, 0.4) is 0 Å². The van der Waals surface area contributed by atoms with E-state index in [0.29, 0.717) is 6.04 Å². The third-order valence-corrected chi connectivity index (χ3v) is 4.12. The molecule has 1 aliphatic heterocycles. The lowest BCUT2D eigenvalue weighted by atomic mass is 10.1. The number of halogens is 1. The fourth-order valence-electron chi connectivity index (χ4n) is 2.50. The number of hydrogen-bond donors (Lipinski definition) is 1. The maximum Gasteiger partial charge on any atom is 0.0635 e. The Kier molecular flexibility index (Phi) is 4.38. The number of hydrogen-bond acceptors (Lipinski definition) is 3. The van der Waals surface area contributed by atoms with E-state index in [1.54, 1.807) is 0 Å². The van der Waals surface area contributed by atoms with Crippen LogP contribution in [0.2, 0.25) is 5.02 Å². The van der Waals surface area contributed by atoms with Gasteiger partial charge in [0.05, 0.1) is 13.2 Å². The molecule has 3 nitrogen and oxygen atoms in total. The van der Waals surface area contributed by atoms with Gasteiger partial charge in [-0.25, -0.2) is 0 Å². The second-order valence-electron chi connectivity index (χ2n) is 5.51. The van der Waals surface area contributed by atoms with Crippen LogP contribution in [-0.2, 0) is 11.3 Å². The van der Waals surface area contributed by atoms with E-state index in [4.69, 9.17) is 16.3 Å². The fourth-order valence-corrected chi connectivity index (χ4v) is 2.63. The maximum atomic E-state index is 5.93. The van der Waals surface area contributed by atoms with Gasteiger partial charge in [-0.1, -0.05) is 23.7 Å². The van der Waals surface area contributed by atoms with Crippen LogP contribution in [0.4, 0.5) is 0 Å². The molecule has 1 saturated carbocycles. The number of benzene rings is 1. The van der Waals surface area contributed by atoms with Gasteiger partial charge in [0.25, 0.3) is 0 Å². The molecule has 0 radical (unpaired) electrons. The molecule has 2 fully saturated rings. The molecule has 1 saturated heterocycles. The minimum atomic E-state index is 0.491. The summed E-state index contributed by atoms with van der Waals surface area (Å²) < 4.78 is 5.62. The first kappa shape index (κ1) is 13.4. The summed E-state index contributed by atoms with van der Waals surface area (Å²) in [5, 5.41) is 4.41. The average molecular weight is 281 g/mol. The zero-order valence-electron chi connectivity index (χ0n) is 11.1. The molecule has 1 aromatic rings. The Balaban J connectivity index is 1.57. The summed E-state index contributed by atoms with van der Waals surface area (Å²) in [6.45, 7) is 4.72. The molecule has 4 heteroatoms. The molecule has 0 amide bonds. The zero-order chi connectivity index (χ0) is 13.1. The van der Waals surface area contributed by atoms with Crippen LogP contribution in [0.25, 0.3) is 0 Å². The molecule has 1 aromatic carbocycles. The lowest BCUT2D eigenvalue weighted by Gasteiger charge is -2.35. The smallest absolute Gasteiger partial charge is 0.0635 e. The number of nitrogens with one attached hydrogen (secondary N) is 1. The molecule has 1 aliphatic carbocycles. The van der Waals surface area contributed by atoms with Crippen molar-refractivity contribution in [3.63, 3.8) is 0 Å². The van der Waals surface area contributed by atoms with Crippen molar-refractivity contribution < 1.29 is 4.74 Å². The summed E-state index contributed by atoms with van der Waals surface area (Å²) in [6, 6.07) is 9.42. The topological polar surface area (TPSA) is 24.5 Å². The van der Waals surface area contributed by atoms with Crippen LogP contribution >= 0.6 is 11.6 Å². The quantitative estimate of drug-likeness (QED) is 0.896. The Morgan fingerprint density at radius 1 is 1.26 bits per heavy atom. The third kappa shape index (κ3) is 3.93. The van der Waals surface area contributed by atoms with E-state index in [1.165, 1.54) is 18.4 Å². The monoisotopic (exact) mass is 280 g/mol. The van der Waals surface area contributed by atoms with Crippen LogP contribution in [0.5, 0.6) is 0 Å². The van der Waals surface area contributed by atoms with E-state index in [9.17, 15) is 0 Å². The predicted octanol–water partition coefficient (Wildman–Crippen LogP) is 2.29. The van der Waals surface area contributed by atoms with Crippen LogP contribution in [0.1, 0.15) is 18.4 Å².